The van der Waals surface area contributed by atoms with Crippen LogP contribution in [-0.2, 0) is 10.8 Å². The lowest BCUT2D eigenvalue weighted by atomic mass is 9.66. The first-order valence-corrected chi connectivity index (χ1v) is 27.6. The highest BCUT2D eigenvalue weighted by Gasteiger charge is 2.53. The summed E-state index contributed by atoms with van der Waals surface area (Å²) in [4.78, 5) is 2.49. The van der Waals surface area contributed by atoms with Crippen LogP contribution in [-0.4, -0.2) is 0 Å². The van der Waals surface area contributed by atoms with Gasteiger partial charge in [0.1, 0.15) is 23.0 Å². The average molecular weight is 1010 g/mol. The van der Waals surface area contributed by atoms with Gasteiger partial charge in [0, 0.05) is 59.4 Å². The fourth-order valence-corrected chi connectivity index (χ4v) is 15.2. The molecule has 0 N–H and O–H groups in total. The number of para-hydroxylation sites is 4. The molecule has 78 heavy (non-hydrogen) atoms. The maximum atomic E-state index is 6.75. The van der Waals surface area contributed by atoms with Gasteiger partial charge in [0.25, 0.3) is 0 Å². The van der Waals surface area contributed by atoms with Crippen LogP contribution in [0, 0.1) is 0 Å². The Bertz CT molecular complexity index is 4570. The molecule has 12 aromatic carbocycles. The Morgan fingerprint density at radius 2 is 0.756 bits per heavy atom. The fraction of sp³-hybridized carbons (Fsp3) is 0.0270. The van der Waals surface area contributed by atoms with Crippen molar-refractivity contribution in [2.75, 3.05) is 4.90 Å². The fourth-order valence-electron chi connectivity index (χ4n) is 14.1. The number of benzene rings is 12. The van der Waals surface area contributed by atoms with Crippen molar-refractivity contribution in [3.63, 3.8) is 0 Å². The van der Waals surface area contributed by atoms with Gasteiger partial charge in [-0.15, -0.1) is 11.3 Å². The van der Waals surface area contributed by atoms with Gasteiger partial charge in [-0.2, -0.15) is 0 Å². The van der Waals surface area contributed by atoms with E-state index in [1.165, 1.54) is 86.9 Å². The van der Waals surface area contributed by atoms with E-state index in [-0.39, 0.29) is 0 Å². The van der Waals surface area contributed by atoms with Crippen LogP contribution in [0.25, 0.3) is 64.7 Å². The zero-order valence-electron chi connectivity index (χ0n) is 42.2. The van der Waals surface area contributed by atoms with Crippen molar-refractivity contribution in [2.24, 2.45) is 0 Å². The van der Waals surface area contributed by atoms with Crippen molar-refractivity contribution in [1.82, 2.24) is 0 Å². The van der Waals surface area contributed by atoms with Crippen molar-refractivity contribution >= 4 is 48.6 Å². The molecule has 1 aromatic heterocycles. The molecule has 0 fully saturated rings. The number of hydrogen-bond acceptors (Lipinski definition) is 4. The van der Waals surface area contributed by atoms with E-state index in [4.69, 9.17) is 9.47 Å². The summed E-state index contributed by atoms with van der Waals surface area (Å²) in [6, 6.07) is 100. The Kier molecular flexibility index (Phi) is 9.14. The van der Waals surface area contributed by atoms with Gasteiger partial charge in [-0.05, 0) is 140 Å². The van der Waals surface area contributed by atoms with E-state index in [2.05, 4.69) is 278 Å². The minimum absolute atomic E-state index is 0.531. The smallest absolute Gasteiger partial charge is 0.132 e. The summed E-state index contributed by atoms with van der Waals surface area (Å²) in [5.74, 6) is 3.55. The molecule has 0 bridgehead atoms. The summed E-state index contributed by atoms with van der Waals surface area (Å²) < 4.78 is 16.0. The van der Waals surface area contributed by atoms with Crippen molar-refractivity contribution in [3.8, 4) is 67.5 Å². The summed E-state index contributed by atoms with van der Waals surface area (Å²) in [5, 5.41) is 2.60. The van der Waals surface area contributed by atoms with Crippen molar-refractivity contribution in [3.05, 3.63) is 317 Å². The molecule has 0 saturated heterocycles. The van der Waals surface area contributed by atoms with Gasteiger partial charge in [-0.1, -0.05) is 194 Å². The Morgan fingerprint density at radius 1 is 0.282 bits per heavy atom. The minimum Gasteiger partial charge on any atom is -0.457 e. The van der Waals surface area contributed by atoms with E-state index in [0.717, 1.165) is 62.3 Å². The Hall–Kier alpha value is -9.74. The third-order valence-electron chi connectivity index (χ3n) is 17.2. The summed E-state index contributed by atoms with van der Waals surface area (Å²) in [6.45, 7) is 0. The van der Waals surface area contributed by atoms with Gasteiger partial charge in [-0.25, -0.2) is 0 Å². The van der Waals surface area contributed by atoms with E-state index in [0.29, 0.717) is 0 Å². The maximum absolute atomic E-state index is 6.75. The van der Waals surface area contributed by atoms with Gasteiger partial charge in [0.05, 0.1) is 16.5 Å². The number of ether oxygens (including phenoxy) is 2. The molecule has 0 amide bonds. The number of nitrogens with zero attached hydrogens (tertiary/aromatic N) is 1. The highest BCUT2D eigenvalue weighted by molar-refractivity contribution is 7.25. The summed E-state index contributed by atoms with van der Waals surface area (Å²) in [5.41, 5.74) is 21.3. The number of rotatable bonds is 5. The van der Waals surface area contributed by atoms with Gasteiger partial charge >= 0.3 is 0 Å². The molecule has 17 rings (SSSR count). The van der Waals surface area contributed by atoms with Gasteiger partial charge in [0.15, 0.2) is 0 Å². The number of anilines is 3. The third-order valence-corrected chi connectivity index (χ3v) is 18.4. The van der Waals surface area contributed by atoms with Crippen LogP contribution < -0.4 is 14.4 Å². The molecule has 3 heterocycles. The quantitative estimate of drug-likeness (QED) is 0.171. The zero-order valence-corrected chi connectivity index (χ0v) is 43.0. The summed E-state index contributed by atoms with van der Waals surface area (Å²) in [7, 11) is 0. The maximum Gasteiger partial charge on any atom is 0.132 e. The molecule has 2 aliphatic heterocycles. The summed E-state index contributed by atoms with van der Waals surface area (Å²) >= 11 is 1.86. The van der Waals surface area contributed by atoms with Crippen LogP contribution in [0.2, 0.25) is 0 Å². The molecule has 2 aliphatic carbocycles. The van der Waals surface area contributed by atoms with Gasteiger partial charge < -0.3 is 14.4 Å². The first-order chi connectivity index (χ1) is 38.7. The predicted octanol–water partition coefficient (Wildman–Crippen LogP) is 19.8. The standard InChI is InChI=1S/C74H45NO2S/c1-4-22-57-52(19-1)55-44-49(37-41-59(55)73(57)60-24-6-10-30-66(60)76-67-31-11-7-25-61(67)73)47-17-15-18-51(43-47)75(50-39-35-46(36-40-50)48-38-42-71-56(45-48)53-20-3-14-34-70(53)78-71)65-29-16-28-64-72(65)54-21-2-5-23-58(54)74(64)62-26-8-12-32-68(62)77-69-33-13-9-27-63(69)74/h1-45H. The zero-order chi connectivity index (χ0) is 51.1. The molecular formula is C74H45NO2S. The molecule has 0 unspecified atom stereocenters. The topological polar surface area (TPSA) is 21.7 Å². The molecule has 0 atom stereocenters. The van der Waals surface area contributed by atoms with Crippen LogP contribution in [0.3, 0.4) is 0 Å². The van der Waals surface area contributed by atoms with Gasteiger partial charge in [-0.3, -0.25) is 0 Å². The van der Waals surface area contributed by atoms with E-state index >= 15 is 0 Å². The second-order valence-corrected chi connectivity index (χ2v) is 22.1. The normalized spacial score (nSPS) is 14.1. The lowest BCUT2D eigenvalue weighted by molar-refractivity contribution is 0.436. The first kappa shape index (κ1) is 43.5. The van der Waals surface area contributed by atoms with Crippen molar-refractivity contribution in [2.45, 2.75) is 10.8 Å². The summed E-state index contributed by atoms with van der Waals surface area (Å²) in [6.07, 6.45) is 0. The number of fused-ring (bicyclic) bond motifs is 21. The van der Waals surface area contributed by atoms with Crippen LogP contribution in [0.15, 0.2) is 273 Å². The van der Waals surface area contributed by atoms with E-state index < -0.39 is 10.8 Å². The van der Waals surface area contributed by atoms with Crippen LogP contribution in [0.1, 0.15) is 44.5 Å². The highest BCUT2D eigenvalue weighted by Crippen LogP contribution is 2.65. The second kappa shape index (κ2) is 16.4. The van der Waals surface area contributed by atoms with E-state index in [1.54, 1.807) is 0 Å². The second-order valence-electron chi connectivity index (χ2n) is 21.0. The number of thiophene rings is 1. The number of hydrogen-bond donors (Lipinski definition) is 0. The predicted molar refractivity (Wildman–Crippen MR) is 320 cm³/mol. The largest absolute Gasteiger partial charge is 0.457 e. The third kappa shape index (κ3) is 5.87. The molecule has 0 saturated carbocycles. The Balaban J connectivity index is 0.864. The highest BCUT2D eigenvalue weighted by atomic mass is 32.1. The van der Waals surface area contributed by atoms with Gasteiger partial charge in [0.2, 0.25) is 0 Å². The Morgan fingerprint density at radius 3 is 1.44 bits per heavy atom. The molecule has 4 aliphatic rings. The molecular weight excluding hydrogens is 967 g/mol. The monoisotopic (exact) mass is 1010 g/mol. The molecule has 364 valence electrons. The SMILES string of the molecule is c1cc(-c2ccc3c(c2)-c2ccccc2C32c3ccccc3Oc3ccccc32)cc(N(c2ccc(-c3ccc4sc5ccccc5c4c3)cc2)c2cccc3c2-c2ccccc2C32c3ccccc3Oc3ccccc32)c1. The van der Waals surface area contributed by atoms with Crippen molar-refractivity contribution in [1.29, 1.82) is 0 Å². The molecule has 3 nitrogen and oxygen atoms in total. The van der Waals surface area contributed by atoms with Crippen LogP contribution >= 0.6 is 11.3 Å². The molecule has 13 aromatic rings. The molecule has 0 radical (unpaired) electrons. The lowest BCUT2D eigenvalue weighted by Gasteiger charge is -2.39. The first-order valence-electron chi connectivity index (χ1n) is 26.8. The minimum atomic E-state index is -0.612. The van der Waals surface area contributed by atoms with E-state index in [9.17, 15) is 0 Å². The van der Waals surface area contributed by atoms with Crippen molar-refractivity contribution < 1.29 is 9.47 Å². The Labute approximate surface area is 456 Å². The molecule has 4 heteroatoms. The average Bonchev–Trinajstić information content (AvgIpc) is 4.17. The van der Waals surface area contributed by atoms with Crippen LogP contribution in [0.4, 0.5) is 17.1 Å². The lowest BCUT2D eigenvalue weighted by Crippen LogP contribution is -2.32. The van der Waals surface area contributed by atoms with E-state index in [1.807, 2.05) is 11.3 Å². The van der Waals surface area contributed by atoms with Crippen LogP contribution in [0.5, 0.6) is 23.0 Å². The molecule has 2 spiro atoms.